The summed E-state index contributed by atoms with van der Waals surface area (Å²) >= 11 is 0. The number of carbonyl (C=O) groups is 2. The number of nitrogens with one attached hydrogen (secondary N) is 2. The molecule has 2 amide bonds. The van der Waals surface area contributed by atoms with Crippen molar-refractivity contribution in [1.82, 2.24) is 10.6 Å². The molecular formula is C27H44N2O6. The molecule has 1 heterocycles. The Morgan fingerprint density at radius 3 is 2.51 bits per heavy atom. The van der Waals surface area contributed by atoms with Crippen molar-refractivity contribution in [2.24, 2.45) is 5.92 Å². The van der Waals surface area contributed by atoms with Crippen LogP contribution in [-0.4, -0.2) is 65.3 Å². The molecule has 0 spiro atoms. The third-order valence-corrected chi connectivity index (χ3v) is 6.66. The van der Waals surface area contributed by atoms with Crippen LogP contribution in [0.4, 0.5) is 4.79 Å². The maximum Gasteiger partial charge on any atom is 0.407 e. The summed E-state index contributed by atoms with van der Waals surface area (Å²) in [5, 5.41) is 25.6. The zero-order valence-electron chi connectivity index (χ0n) is 21.9. The van der Waals surface area contributed by atoms with Crippen LogP contribution in [0.15, 0.2) is 36.0 Å². The summed E-state index contributed by atoms with van der Waals surface area (Å²) < 4.78 is 11.1. The highest BCUT2D eigenvalue weighted by molar-refractivity contribution is 5.87. The van der Waals surface area contributed by atoms with Crippen LogP contribution in [0.1, 0.15) is 72.6 Å². The number of alkyl carbamates (subject to hydrolysis) is 1. The van der Waals surface area contributed by atoms with Crippen LogP contribution in [0.5, 0.6) is 0 Å². The van der Waals surface area contributed by atoms with Gasteiger partial charge < -0.3 is 30.3 Å². The number of amides is 2. The Kier molecular flexibility index (Phi) is 11.0. The number of aliphatic hydroxyl groups excluding tert-OH is 1. The molecule has 1 aliphatic heterocycles. The minimum absolute atomic E-state index is 0.164. The molecule has 3 atom stereocenters. The Morgan fingerprint density at radius 2 is 1.89 bits per heavy atom. The SMILES string of the molecule is CNC(=O)O[C@@H](C)/C=C\C(=O)NC1CCC(C/C=C(C)/C=C/[C@@H]2C[C@@](O)(CO)CC(C)(C)O2)CC1. The molecule has 0 aromatic rings. The summed E-state index contributed by atoms with van der Waals surface area (Å²) in [6.07, 6.45) is 13.8. The maximum absolute atomic E-state index is 12.2. The number of rotatable bonds is 9. The van der Waals surface area contributed by atoms with Gasteiger partial charge in [-0.25, -0.2) is 4.79 Å². The van der Waals surface area contributed by atoms with Crippen LogP contribution in [0.25, 0.3) is 0 Å². The first kappa shape index (κ1) is 29.1. The summed E-state index contributed by atoms with van der Waals surface area (Å²) in [5.41, 5.74) is -0.433. The summed E-state index contributed by atoms with van der Waals surface area (Å²) in [5.74, 6) is 0.426. The normalized spacial score (nSPS) is 30.3. The van der Waals surface area contributed by atoms with Gasteiger partial charge in [0.1, 0.15) is 6.10 Å². The van der Waals surface area contributed by atoms with Gasteiger partial charge >= 0.3 is 6.09 Å². The lowest BCUT2D eigenvalue weighted by Gasteiger charge is -2.44. The molecule has 0 unspecified atom stereocenters. The van der Waals surface area contributed by atoms with Gasteiger partial charge in [0.2, 0.25) is 5.91 Å². The van der Waals surface area contributed by atoms with Crippen molar-refractivity contribution < 1.29 is 29.3 Å². The Bertz CT molecular complexity index is 797. The smallest absolute Gasteiger partial charge is 0.407 e. The Hall–Kier alpha value is -2.16. The van der Waals surface area contributed by atoms with E-state index in [2.05, 4.69) is 23.6 Å². The van der Waals surface area contributed by atoms with Gasteiger partial charge in [-0.3, -0.25) is 4.79 Å². The van der Waals surface area contributed by atoms with Gasteiger partial charge in [0.25, 0.3) is 0 Å². The van der Waals surface area contributed by atoms with E-state index in [9.17, 15) is 19.8 Å². The Balaban J connectivity index is 1.73. The molecule has 0 radical (unpaired) electrons. The van der Waals surface area contributed by atoms with Gasteiger partial charge in [-0.05, 0) is 71.8 Å². The highest BCUT2D eigenvalue weighted by Crippen LogP contribution is 2.36. The summed E-state index contributed by atoms with van der Waals surface area (Å²) in [4.78, 5) is 23.3. The lowest BCUT2D eigenvalue weighted by atomic mass is 9.82. The van der Waals surface area contributed by atoms with Crippen molar-refractivity contribution in [3.63, 3.8) is 0 Å². The minimum atomic E-state index is -1.10. The topological polar surface area (TPSA) is 117 Å². The number of aliphatic hydroxyl groups is 2. The number of allylic oxidation sites excluding steroid dienone is 3. The molecule has 0 aromatic carbocycles. The molecule has 1 saturated carbocycles. The van der Waals surface area contributed by atoms with E-state index in [0.717, 1.165) is 37.7 Å². The highest BCUT2D eigenvalue weighted by Gasteiger charge is 2.42. The molecule has 1 aliphatic carbocycles. The molecule has 35 heavy (non-hydrogen) atoms. The fraction of sp³-hybridized carbons (Fsp3) is 0.704. The molecule has 0 aromatic heterocycles. The first-order valence-corrected chi connectivity index (χ1v) is 12.7. The lowest BCUT2D eigenvalue weighted by molar-refractivity contribution is -0.180. The molecule has 198 valence electrons. The van der Waals surface area contributed by atoms with Crippen LogP contribution in [0.2, 0.25) is 0 Å². The molecule has 4 N–H and O–H groups in total. The van der Waals surface area contributed by atoms with Gasteiger partial charge in [-0.1, -0.05) is 23.8 Å². The maximum atomic E-state index is 12.2. The van der Waals surface area contributed by atoms with Crippen LogP contribution >= 0.6 is 0 Å². The molecule has 2 rings (SSSR count). The van der Waals surface area contributed by atoms with Gasteiger partial charge in [-0.15, -0.1) is 0 Å². The summed E-state index contributed by atoms with van der Waals surface area (Å²) in [6, 6.07) is 0.167. The van der Waals surface area contributed by atoms with Crippen molar-refractivity contribution in [3.05, 3.63) is 36.0 Å². The third-order valence-electron chi connectivity index (χ3n) is 6.66. The van der Waals surface area contributed by atoms with Crippen LogP contribution in [0, 0.1) is 5.92 Å². The van der Waals surface area contributed by atoms with Crippen molar-refractivity contribution in [1.29, 1.82) is 0 Å². The van der Waals surface area contributed by atoms with E-state index in [0.29, 0.717) is 18.8 Å². The Morgan fingerprint density at radius 1 is 1.20 bits per heavy atom. The van der Waals surface area contributed by atoms with E-state index in [4.69, 9.17) is 9.47 Å². The van der Waals surface area contributed by atoms with Crippen molar-refractivity contribution in [3.8, 4) is 0 Å². The average molecular weight is 493 g/mol. The lowest BCUT2D eigenvalue weighted by Crippen LogP contribution is -2.51. The minimum Gasteiger partial charge on any atom is -0.442 e. The molecule has 8 heteroatoms. The van der Waals surface area contributed by atoms with Crippen LogP contribution < -0.4 is 10.6 Å². The summed E-state index contributed by atoms with van der Waals surface area (Å²) in [7, 11) is 1.49. The molecule has 2 fully saturated rings. The zero-order chi connectivity index (χ0) is 26.1. The monoisotopic (exact) mass is 492 g/mol. The third kappa shape index (κ3) is 10.5. The van der Waals surface area contributed by atoms with Crippen molar-refractivity contribution in [2.45, 2.75) is 102 Å². The van der Waals surface area contributed by atoms with E-state index in [1.54, 1.807) is 13.0 Å². The van der Waals surface area contributed by atoms with E-state index in [-0.39, 0.29) is 24.7 Å². The van der Waals surface area contributed by atoms with Gasteiger partial charge in [0.15, 0.2) is 0 Å². The van der Waals surface area contributed by atoms with Gasteiger partial charge in [-0.2, -0.15) is 0 Å². The number of hydrogen-bond donors (Lipinski definition) is 4. The first-order valence-electron chi connectivity index (χ1n) is 12.7. The summed E-state index contributed by atoms with van der Waals surface area (Å²) in [6.45, 7) is 7.38. The Labute approximate surface area is 209 Å². The van der Waals surface area contributed by atoms with E-state index >= 15 is 0 Å². The molecule has 1 saturated heterocycles. The van der Waals surface area contributed by atoms with Crippen LogP contribution in [0.3, 0.4) is 0 Å². The van der Waals surface area contributed by atoms with Gasteiger partial charge in [0.05, 0.1) is 23.9 Å². The quantitative estimate of drug-likeness (QED) is 0.289. The molecule has 8 nitrogen and oxygen atoms in total. The molecule has 0 bridgehead atoms. The number of carbonyl (C=O) groups excluding carboxylic acids is 2. The van der Waals surface area contributed by atoms with E-state index in [1.807, 2.05) is 26.0 Å². The highest BCUT2D eigenvalue weighted by atomic mass is 16.6. The van der Waals surface area contributed by atoms with E-state index in [1.165, 1.54) is 13.1 Å². The van der Waals surface area contributed by atoms with E-state index < -0.39 is 23.4 Å². The number of hydrogen-bond acceptors (Lipinski definition) is 6. The average Bonchev–Trinajstić information content (AvgIpc) is 2.79. The molecule has 2 aliphatic rings. The predicted octanol–water partition coefficient (Wildman–Crippen LogP) is 3.54. The van der Waals surface area contributed by atoms with Crippen molar-refractivity contribution >= 4 is 12.0 Å². The second-order valence-corrected chi connectivity index (χ2v) is 10.7. The zero-order valence-corrected chi connectivity index (χ0v) is 21.9. The fourth-order valence-electron chi connectivity index (χ4n) is 4.92. The second-order valence-electron chi connectivity index (χ2n) is 10.7. The number of ether oxygens (including phenoxy) is 2. The predicted molar refractivity (Wildman–Crippen MR) is 136 cm³/mol. The van der Waals surface area contributed by atoms with Crippen LogP contribution in [-0.2, 0) is 14.3 Å². The largest absolute Gasteiger partial charge is 0.442 e. The molecular weight excluding hydrogens is 448 g/mol. The first-order chi connectivity index (χ1) is 16.4. The van der Waals surface area contributed by atoms with Gasteiger partial charge in [0, 0.05) is 32.0 Å². The standard InChI is InChI=1S/C27H44N2O6/c1-19(7-14-23-16-27(33,18-30)17-26(3,4)35-23)6-9-21-10-12-22(13-11-21)29-24(31)15-8-20(2)34-25(32)28-5/h6-8,14-15,20-23,30,33H,9-13,16-18H2,1-5H3,(H,28,32)(H,29,31)/b14-7+,15-8-,19-6+/t20-,21?,22?,23+,27-/m0/s1. The second kappa shape index (κ2) is 13.2. The van der Waals surface area contributed by atoms with Crippen molar-refractivity contribution in [2.75, 3.05) is 13.7 Å². The fourth-order valence-corrected chi connectivity index (χ4v) is 4.92.